The summed E-state index contributed by atoms with van der Waals surface area (Å²) in [6.07, 6.45) is 0. The van der Waals surface area contributed by atoms with Crippen molar-refractivity contribution >= 4 is 45.3 Å². The summed E-state index contributed by atoms with van der Waals surface area (Å²) in [5.41, 5.74) is 1.23. The smallest absolute Gasteiger partial charge is 0.258 e. The summed E-state index contributed by atoms with van der Waals surface area (Å²) in [4.78, 5) is 20.7. The highest BCUT2D eigenvalue weighted by Crippen LogP contribution is 2.21. The number of aliphatic imine (C=N–C) groups is 1. The molecule has 1 aliphatic rings. The number of nitrogens with zero attached hydrogens (tertiary/aromatic N) is 2. The summed E-state index contributed by atoms with van der Waals surface area (Å²) in [5, 5.41) is 4.57. The Balaban J connectivity index is 2.01. The van der Waals surface area contributed by atoms with E-state index < -0.39 is 0 Å². The summed E-state index contributed by atoms with van der Waals surface area (Å²) < 4.78 is 0. The van der Waals surface area contributed by atoms with Crippen molar-refractivity contribution in [2.45, 2.75) is 0 Å². The van der Waals surface area contributed by atoms with E-state index in [0.29, 0.717) is 21.4 Å². The van der Waals surface area contributed by atoms with Crippen LogP contribution in [-0.2, 0) is 0 Å². The van der Waals surface area contributed by atoms with Gasteiger partial charge in [0.25, 0.3) is 5.91 Å². The molecule has 4 nitrogen and oxygen atoms in total. The summed E-state index contributed by atoms with van der Waals surface area (Å²) >= 11 is 7.50. The predicted octanol–water partition coefficient (Wildman–Crippen LogP) is 2.72. The van der Waals surface area contributed by atoms with E-state index in [1.54, 1.807) is 17.8 Å². The first kappa shape index (κ1) is 12.4. The average molecular weight is 292 g/mol. The highest BCUT2D eigenvalue weighted by atomic mass is 35.5. The van der Waals surface area contributed by atoms with Gasteiger partial charge in [-0.25, -0.2) is 4.98 Å². The van der Waals surface area contributed by atoms with E-state index in [9.17, 15) is 4.79 Å². The number of fused-ring (bicyclic) bond motifs is 1. The fourth-order valence-corrected chi connectivity index (χ4v) is 2.83. The van der Waals surface area contributed by atoms with Crippen molar-refractivity contribution in [3.8, 4) is 0 Å². The first-order valence-electron chi connectivity index (χ1n) is 5.78. The number of pyridine rings is 1. The molecular weight excluding hydrogens is 282 g/mol. The molecule has 0 unspecified atom stereocenters. The summed E-state index contributed by atoms with van der Waals surface area (Å²) in [6, 6.07) is 9.01. The highest BCUT2D eigenvalue weighted by molar-refractivity contribution is 8.14. The predicted molar refractivity (Wildman–Crippen MR) is 79.0 cm³/mol. The lowest BCUT2D eigenvalue weighted by atomic mass is 10.1. The van der Waals surface area contributed by atoms with Crippen molar-refractivity contribution in [1.82, 2.24) is 10.3 Å². The maximum atomic E-state index is 12.3. The molecule has 0 saturated heterocycles. The van der Waals surface area contributed by atoms with E-state index in [-0.39, 0.29) is 5.91 Å². The highest BCUT2D eigenvalue weighted by Gasteiger charge is 2.16. The molecule has 1 aromatic heterocycles. The molecule has 96 valence electrons. The van der Waals surface area contributed by atoms with Gasteiger partial charge in [0.2, 0.25) is 0 Å². The van der Waals surface area contributed by atoms with Crippen LogP contribution in [0.15, 0.2) is 35.3 Å². The van der Waals surface area contributed by atoms with Gasteiger partial charge in [-0.2, -0.15) is 0 Å². The van der Waals surface area contributed by atoms with Gasteiger partial charge in [0.1, 0.15) is 5.15 Å². The molecule has 0 spiro atoms. The van der Waals surface area contributed by atoms with Gasteiger partial charge in [-0.1, -0.05) is 41.6 Å². The van der Waals surface area contributed by atoms with Crippen LogP contribution < -0.4 is 5.32 Å². The largest absolute Gasteiger partial charge is 0.301 e. The Morgan fingerprint density at radius 1 is 1.37 bits per heavy atom. The SMILES string of the molecule is O=C(NC1=NCCS1)c1cc(Cl)nc2ccccc12. The second-order valence-corrected chi connectivity index (χ2v) is 5.47. The van der Waals surface area contributed by atoms with Crippen molar-refractivity contribution in [2.75, 3.05) is 12.3 Å². The zero-order chi connectivity index (χ0) is 13.2. The van der Waals surface area contributed by atoms with Gasteiger partial charge in [0.15, 0.2) is 5.17 Å². The maximum absolute atomic E-state index is 12.3. The molecule has 19 heavy (non-hydrogen) atoms. The number of rotatable bonds is 1. The van der Waals surface area contributed by atoms with Crippen LogP contribution in [-0.4, -0.2) is 28.4 Å². The molecule has 1 N–H and O–H groups in total. The normalized spacial score (nSPS) is 14.5. The van der Waals surface area contributed by atoms with Crippen LogP contribution in [0.5, 0.6) is 0 Å². The molecule has 0 radical (unpaired) electrons. The quantitative estimate of drug-likeness (QED) is 0.822. The number of amidine groups is 1. The van der Waals surface area contributed by atoms with Crippen LogP contribution in [0.25, 0.3) is 10.9 Å². The second-order valence-electron chi connectivity index (χ2n) is 4.00. The Hall–Kier alpha value is -1.59. The van der Waals surface area contributed by atoms with Crippen LogP contribution in [0.3, 0.4) is 0 Å². The minimum absolute atomic E-state index is 0.200. The number of thioether (sulfide) groups is 1. The monoisotopic (exact) mass is 291 g/mol. The van der Waals surface area contributed by atoms with Crippen molar-refractivity contribution in [2.24, 2.45) is 4.99 Å². The molecule has 0 bridgehead atoms. The molecule has 0 saturated carbocycles. The minimum atomic E-state index is -0.200. The first-order valence-corrected chi connectivity index (χ1v) is 7.14. The maximum Gasteiger partial charge on any atom is 0.258 e. The van der Waals surface area contributed by atoms with E-state index in [0.717, 1.165) is 17.7 Å². The van der Waals surface area contributed by atoms with E-state index in [2.05, 4.69) is 15.3 Å². The van der Waals surface area contributed by atoms with Crippen LogP contribution in [0.1, 0.15) is 10.4 Å². The molecule has 1 aromatic carbocycles. The van der Waals surface area contributed by atoms with Crippen molar-refractivity contribution in [3.05, 3.63) is 41.0 Å². The third-order valence-electron chi connectivity index (χ3n) is 2.74. The van der Waals surface area contributed by atoms with Crippen LogP contribution in [0.2, 0.25) is 5.15 Å². The fourth-order valence-electron chi connectivity index (χ4n) is 1.91. The molecule has 2 aromatic rings. The Kier molecular flexibility index (Phi) is 3.40. The zero-order valence-corrected chi connectivity index (χ0v) is 11.5. The molecule has 3 rings (SSSR count). The molecule has 1 aliphatic heterocycles. The van der Waals surface area contributed by atoms with E-state index >= 15 is 0 Å². The minimum Gasteiger partial charge on any atom is -0.301 e. The van der Waals surface area contributed by atoms with Crippen LogP contribution in [0.4, 0.5) is 0 Å². The summed E-state index contributed by atoms with van der Waals surface area (Å²) in [5.74, 6) is 0.710. The van der Waals surface area contributed by atoms with Gasteiger partial charge in [0, 0.05) is 11.1 Å². The Morgan fingerprint density at radius 2 is 2.21 bits per heavy atom. The lowest BCUT2D eigenvalue weighted by Crippen LogP contribution is -2.27. The second kappa shape index (κ2) is 5.19. The molecule has 2 heterocycles. The van der Waals surface area contributed by atoms with Crippen LogP contribution >= 0.6 is 23.4 Å². The Bertz CT molecular complexity index is 687. The van der Waals surface area contributed by atoms with E-state index in [4.69, 9.17) is 11.6 Å². The molecule has 0 atom stereocenters. The Labute approximate surface area is 119 Å². The number of amides is 1. The van der Waals surface area contributed by atoms with Crippen LogP contribution in [0, 0.1) is 0 Å². The molecular formula is C13H10ClN3OS. The third-order valence-corrected chi connectivity index (χ3v) is 3.82. The van der Waals surface area contributed by atoms with E-state index in [1.807, 2.05) is 24.3 Å². The number of para-hydroxylation sites is 1. The molecule has 0 aliphatic carbocycles. The van der Waals surface area contributed by atoms with Crippen molar-refractivity contribution < 1.29 is 4.79 Å². The summed E-state index contributed by atoms with van der Waals surface area (Å²) in [6.45, 7) is 0.748. The first-order chi connectivity index (χ1) is 9.24. The number of carbonyl (C=O) groups excluding carboxylic acids is 1. The van der Waals surface area contributed by atoms with Gasteiger partial charge in [-0.3, -0.25) is 9.79 Å². The number of aromatic nitrogens is 1. The van der Waals surface area contributed by atoms with Gasteiger partial charge >= 0.3 is 0 Å². The topological polar surface area (TPSA) is 54.4 Å². The summed E-state index contributed by atoms with van der Waals surface area (Å²) in [7, 11) is 0. The standard InChI is InChI=1S/C13H10ClN3OS/c14-11-7-9(8-3-1-2-4-10(8)16-11)12(18)17-13-15-5-6-19-13/h1-4,7H,5-6H2,(H,15,17,18). The molecule has 1 amide bonds. The third kappa shape index (κ3) is 2.57. The zero-order valence-electron chi connectivity index (χ0n) is 9.89. The van der Waals surface area contributed by atoms with Gasteiger partial charge in [-0.05, 0) is 12.1 Å². The Morgan fingerprint density at radius 3 is 3.00 bits per heavy atom. The molecule has 0 fully saturated rings. The number of benzene rings is 1. The lowest BCUT2D eigenvalue weighted by molar-refractivity contribution is 0.0979. The lowest BCUT2D eigenvalue weighted by Gasteiger charge is -2.07. The number of halogens is 1. The number of hydrogen-bond acceptors (Lipinski definition) is 4. The number of hydrogen-bond donors (Lipinski definition) is 1. The van der Waals surface area contributed by atoms with Gasteiger partial charge in [0.05, 0.1) is 17.6 Å². The number of carbonyl (C=O) groups is 1. The van der Waals surface area contributed by atoms with Crippen molar-refractivity contribution in [3.63, 3.8) is 0 Å². The fraction of sp³-hybridized carbons (Fsp3) is 0.154. The average Bonchev–Trinajstić information content (AvgIpc) is 2.90. The van der Waals surface area contributed by atoms with Gasteiger partial charge in [-0.15, -0.1) is 0 Å². The number of nitrogens with one attached hydrogen (secondary N) is 1. The van der Waals surface area contributed by atoms with Gasteiger partial charge < -0.3 is 5.32 Å². The van der Waals surface area contributed by atoms with Crippen molar-refractivity contribution in [1.29, 1.82) is 0 Å². The van der Waals surface area contributed by atoms with E-state index in [1.165, 1.54) is 0 Å². The molecule has 6 heteroatoms.